The van der Waals surface area contributed by atoms with Crippen molar-refractivity contribution in [1.29, 1.82) is 0 Å². The highest BCUT2D eigenvalue weighted by Gasteiger charge is 2.33. The lowest BCUT2D eigenvalue weighted by molar-refractivity contribution is -0.0440. The first-order valence-corrected chi connectivity index (χ1v) is 7.76. The van der Waals surface area contributed by atoms with Gasteiger partial charge in [-0.1, -0.05) is 6.07 Å². The second-order valence-electron chi connectivity index (χ2n) is 5.12. The molecule has 5 nitrogen and oxygen atoms in total. The average molecular weight is 284 g/mol. The zero-order valence-corrected chi connectivity index (χ0v) is 12.3. The smallest absolute Gasteiger partial charge is 0.245 e. The quantitative estimate of drug-likeness (QED) is 0.833. The van der Waals surface area contributed by atoms with Gasteiger partial charge in [0.2, 0.25) is 10.0 Å². The molecular weight excluding hydrogens is 264 g/mol. The minimum absolute atomic E-state index is 0.106. The number of ether oxygens (including phenoxy) is 1. The largest absolute Gasteiger partial charge is 0.398 e. The first kappa shape index (κ1) is 14.3. The Morgan fingerprint density at radius 1 is 1.26 bits per heavy atom. The molecule has 6 heteroatoms. The monoisotopic (exact) mass is 284 g/mol. The molecule has 0 radical (unpaired) electrons. The number of benzene rings is 1. The summed E-state index contributed by atoms with van der Waals surface area (Å²) >= 11 is 0. The van der Waals surface area contributed by atoms with Crippen LogP contribution in [0, 0.1) is 6.92 Å². The van der Waals surface area contributed by atoms with Gasteiger partial charge in [-0.3, -0.25) is 0 Å². The summed E-state index contributed by atoms with van der Waals surface area (Å²) in [5.74, 6) is 0. The van der Waals surface area contributed by atoms with E-state index in [-0.39, 0.29) is 17.1 Å². The summed E-state index contributed by atoms with van der Waals surface area (Å²) in [6.07, 6.45) is -0.213. The maximum atomic E-state index is 12.6. The van der Waals surface area contributed by atoms with Crippen molar-refractivity contribution >= 4 is 15.7 Å². The summed E-state index contributed by atoms with van der Waals surface area (Å²) in [4.78, 5) is 0.180. The Labute approximate surface area is 114 Å². The molecule has 1 aliphatic rings. The second kappa shape index (κ2) is 5.11. The molecule has 0 bridgehead atoms. The minimum atomic E-state index is -3.55. The Bertz CT molecular complexity index is 561. The molecule has 1 aromatic rings. The van der Waals surface area contributed by atoms with Crippen LogP contribution in [0.15, 0.2) is 23.1 Å². The number of morpholine rings is 1. The van der Waals surface area contributed by atoms with Crippen molar-refractivity contribution in [3.8, 4) is 0 Å². The summed E-state index contributed by atoms with van der Waals surface area (Å²) in [5, 5.41) is 0. The summed E-state index contributed by atoms with van der Waals surface area (Å²) < 4.78 is 32.2. The number of nitrogens with zero attached hydrogens (tertiary/aromatic N) is 1. The Morgan fingerprint density at radius 3 is 2.37 bits per heavy atom. The molecule has 106 valence electrons. The third-order valence-corrected chi connectivity index (χ3v) is 5.07. The maximum absolute atomic E-state index is 12.6. The molecule has 0 saturated carbocycles. The van der Waals surface area contributed by atoms with Crippen LogP contribution >= 0.6 is 0 Å². The minimum Gasteiger partial charge on any atom is -0.398 e. The first-order valence-electron chi connectivity index (χ1n) is 6.32. The Kier molecular flexibility index (Phi) is 3.85. The Balaban J connectivity index is 2.36. The third-order valence-electron chi connectivity index (χ3n) is 3.17. The number of sulfonamides is 1. The second-order valence-corrected chi connectivity index (χ2v) is 7.03. The van der Waals surface area contributed by atoms with Crippen LogP contribution in [0.3, 0.4) is 0 Å². The van der Waals surface area contributed by atoms with Gasteiger partial charge in [-0.25, -0.2) is 8.42 Å². The molecule has 0 aromatic heterocycles. The van der Waals surface area contributed by atoms with Crippen LogP contribution in [0.5, 0.6) is 0 Å². The highest BCUT2D eigenvalue weighted by molar-refractivity contribution is 7.89. The number of hydrogen-bond acceptors (Lipinski definition) is 4. The molecule has 0 spiro atoms. The molecule has 1 aromatic carbocycles. The number of rotatable bonds is 2. The van der Waals surface area contributed by atoms with E-state index in [1.165, 1.54) is 4.31 Å². The van der Waals surface area contributed by atoms with Crippen LogP contribution in [-0.4, -0.2) is 38.0 Å². The van der Waals surface area contributed by atoms with Crippen LogP contribution < -0.4 is 5.73 Å². The van der Waals surface area contributed by atoms with E-state index in [4.69, 9.17) is 10.5 Å². The van der Waals surface area contributed by atoms with E-state index in [1.54, 1.807) is 18.2 Å². The topological polar surface area (TPSA) is 72.6 Å². The van der Waals surface area contributed by atoms with Crippen LogP contribution in [0.1, 0.15) is 19.4 Å². The van der Waals surface area contributed by atoms with Gasteiger partial charge in [0.15, 0.2) is 0 Å². The van der Waals surface area contributed by atoms with Crippen LogP contribution in [0.2, 0.25) is 0 Å². The fraction of sp³-hybridized carbons (Fsp3) is 0.538. The molecule has 1 fully saturated rings. The van der Waals surface area contributed by atoms with E-state index in [0.717, 1.165) is 5.56 Å². The molecular formula is C13H20N2O3S. The lowest BCUT2D eigenvalue weighted by Gasteiger charge is -2.34. The molecule has 19 heavy (non-hydrogen) atoms. The summed E-state index contributed by atoms with van der Waals surface area (Å²) in [6, 6.07) is 5.02. The van der Waals surface area contributed by atoms with Gasteiger partial charge in [0, 0.05) is 13.1 Å². The first-order chi connectivity index (χ1) is 8.80. The van der Waals surface area contributed by atoms with Gasteiger partial charge < -0.3 is 10.5 Å². The summed E-state index contributed by atoms with van der Waals surface area (Å²) in [5.41, 5.74) is 7.09. The van der Waals surface area contributed by atoms with Gasteiger partial charge >= 0.3 is 0 Å². The third kappa shape index (κ3) is 2.91. The SMILES string of the molecule is Cc1ccc(S(=O)(=O)N2CC(C)OC(C)C2)c(N)c1. The van der Waals surface area contributed by atoms with Crippen molar-refractivity contribution in [2.75, 3.05) is 18.8 Å². The molecule has 1 aliphatic heterocycles. The molecule has 2 N–H and O–H groups in total. The van der Waals surface area contributed by atoms with Crippen molar-refractivity contribution in [2.24, 2.45) is 0 Å². The number of hydrogen-bond donors (Lipinski definition) is 1. The molecule has 0 aliphatic carbocycles. The van der Waals surface area contributed by atoms with Crippen LogP contribution in [0.4, 0.5) is 5.69 Å². The van der Waals surface area contributed by atoms with E-state index in [2.05, 4.69) is 0 Å². The van der Waals surface area contributed by atoms with E-state index < -0.39 is 10.0 Å². The number of anilines is 1. The predicted octanol–water partition coefficient (Wildman–Crippen LogP) is 1.38. The van der Waals surface area contributed by atoms with Crippen LogP contribution in [0.25, 0.3) is 0 Å². The van der Waals surface area contributed by atoms with Gasteiger partial charge in [0.05, 0.1) is 17.9 Å². The molecule has 2 unspecified atom stereocenters. The van der Waals surface area contributed by atoms with Crippen molar-refractivity contribution < 1.29 is 13.2 Å². The molecule has 0 amide bonds. The van der Waals surface area contributed by atoms with E-state index in [1.807, 2.05) is 20.8 Å². The molecule has 2 atom stereocenters. The fourth-order valence-electron chi connectivity index (χ4n) is 2.37. The Morgan fingerprint density at radius 2 is 1.84 bits per heavy atom. The van der Waals surface area contributed by atoms with Crippen LogP contribution in [-0.2, 0) is 14.8 Å². The molecule has 2 rings (SSSR count). The van der Waals surface area contributed by atoms with Crippen molar-refractivity contribution in [1.82, 2.24) is 4.31 Å². The van der Waals surface area contributed by atoms with E-state index >= 15 is 0 Å². The summed E-state index contributed by atoms with van der Waals surface area (Å²) in [6.45, 7) is 6.35. The average Bonchev–Trinajstić information content (AvgIpc) is 2.26. The number of nitrogens with two attached hydrogens (primary N) is 1. The highest BCUT2D eigenvalue weighted by Crippen LogP contribution is 2.25. The van der Waals surface area contributed by atoms with Gasteiger partial charge in [0.25, 0.3) is 0 Å². The Hall–Kier alpha value is -1.11. The highest BCUT2D eigenvalue weighted by atomic mass is 32.2. The van der Waals surface area contributed by atoms with Crippen molar-refractivity contribution in [3.63, 3.8) is 0 Å². The number of aryl methyl sites for hydroxylation is 1. The standard InChI is InChI=1S/C13H20N2O3S/c1-9-4-5-13(12(14)6-9)19(16,17)15-7-10(2)18-11(3)8-15/h4-6,10-11H,7-8,14H2,1-3H3. The zero-order chi connectivity index (χ0) is 14.2. The van der Waals surface area contributed by atoms with Gasteiger partial charge in [0.1, 0.15) is 4.90 Å². The van der Waals surface area contributed by atoms with Crippen molar-refractivity contribution in [3.05, 3.63) is 23.8 Å². The number of nitrogen functional groups attached to an aromatic ring is 1. The molecule has 1 saturated heterocycles. The lowest BCUT2D eigenvalue weighted by Crippen LogP contribution is -2.48. The predicted molar refractivity (Wildman–Crippen MR) is 74.4 cm³/mol. The van der Waals surface area contributed by atoms with E-state index in [0.29, 0.717) is 18.8 Å². The van der Waals surface area contributed by atoms with Gasteiger partial charge in [-0.2, -0.15) is 4.31 Å². The van der Waals surface area contributed by atoms with Gasteiger partial charge in [-0.05, 0) is 38.5 Å². The van der Waals surface area contributed by atoms with E-state index in [9.17, 15) is 8.42 Å². The van der Waals surface area contributed by atoms with Gasteiger partial charge in [-0.15, -0.1) is 0 Å². The van der Waals surface area contributed by atoms with Crippen molar-refractivity contribution in [2.45, 2.75) is 37.9 Å². The lowest BCUT2D eigenvalue weighted by atomic mass is 10.2. The zero-order valence-electron chi connectivity index (χ0n) is 11.5. The maximum Gasteiger partial charge on any atom is 0.245 e. The fourth-order valence-corrected chi connectivity index (χ4v) is 4.06. The molecule has 1 heterocycles. The summed E-state index contributed by atoms with van der Waals surface area (Å²) in [7, 11) is -3.55. The normalized spacial score (nSPS) is 25.4.